The van der Waals surface area contributed by atoms with E-state index in [9.17, 15) is 4.79 Å². The molecule has 80 valence electrons. The van der Waals surface area contributed by atoms with Crippen LogP contribution in [-0.4, -0.2) is 34.3 Å². The van der Waals surface area contributed by atoms with Crippen LogP contribution >= 0.6 is 0 Å². The Hall–Kier alpha value is -1.49. The fourth-order valence-electron chi connectivity index (χ4n) is 1.70. The molecule has 2 rings (SSSR count). The first-order valence-corrected chi connectivity index (χ1v) is 4.91. The molecule has 0 bridgehead atoms. The number of carboxylic acids is 1. The van der Waals surface area contributed by atoms with E-state index < -0.39 is 5.97 Å². The van der Waals surface area contributed by atoms with Crippen LogP contribution in [-0.2, 0) is 4.74 Å². The van der Waals surface area contributed by atoms with Gasteiger partial charge in [0.05, 0.1) is 0 Å². The summed E-state index contributed by atoms with van der Waals surface area (Å²) in [5, 5.41) is 8.76. The minimum atomic E-state index is -1.08. The lowest BCUT2D eigenvalue weighted by Gasteiger charge is -2.21. The third-order valence-corrected chi connectivity index (χ3v) is 2.51. The van der Waals surface area contributed by atoms with E-state index in [1.165, 1.54) is 6.20 Å². The Morgan fingerprint density at radius 1 is 1.47 bits per heavy atom. The molecule has 1 aromatic heterocycles. The standard InChI is InChI=1S/C10H12N2O3/c13-10(14)9-11-4-1-8(12-9)7-2-5-15-6-3-7/h1,4,7H,2-3,5-6H2,(H,13,14). The average Bonchev–Trinajstić information content (AvgIpc) is 2.30. The van der Waals surface area contributed by atoms with Gasteiger partial charge in [-0.15, -0.1) is 0 Å². The highest BCUT2D eigenvalue weighted by molar-refractivity contribution is 5.82. The molecule has 1 fully saturated rings. The summed E-state index contributed by atoms with van der Waals surface area (Å²) < 4.78 is 5.24. The van der Waals surface area contributed by atoms with Gasteiger partial charge in [0.15, 0.2) is 0 Å². The van der Waals surface area contributed by atoms with Crippen LogP contribution < -0.4 is 0 Å². The molecule has 2 heterocycles. The fraction of sp³-hybridized carbons (Fsp3) is 0.500. The summed E-state index contributed by atoms with van der Waals surface area (Å²) >= 11 is 0. The van der Waals surface area contributed by atoms with Gasteiger partial charge >= 0.3 is 5.97 Å². The summed E-state index contributed by atoms with van der Waals surface area (Å²) in [4.78, 5) is 18.4. The molecule has 1 aliphatic heterocycles. The van der Waals surface area contributed by atoms with Crippen molar-refractivity contribution in [1.29, 1.82) is 0 Å². The molecular formula is C10H12N2O3. The number of aromatic carboxylic acids is 1. The largest absolute Gasteiger partial charge is 0.475 e. The Bertz CT molecular complexity index is 361. The minimum absolute atomic E-state index is 0.126. The van der Waals surface area contributed by atoms with E-state index in [4.69, 9.17) is 9.84 Å². The van der Waals surface area contributed by atoms with Crippen molar-refractivity contribution in [3.8, 4) is 0 Å². The molecule has 0 unspecified atom stereocenters. The van der Waals surface area contributed by atoms with Gasteiger partial charge in [-0.05, 0) is 18.9 Å². The van der Waals surface area contributed by atoms with Crippen molar-refractivity contribution in [3.63, 3.8) is 0 Å². The summed E-state index contributed by atoms with van der Waals surface area (Å²) in [6.07, 6.45) is 3.30. The number of hydrogen-bond donors (Lipinski definition) is 1. The van der Waals surface area contributed by atoms with Gasteiger partial charge in [-0.3, -0.25) is 0 Å². The molecule has 0 aliphatic carbocycles. The van der Waals surface area contributed by atoms with Crippen molar-refractivity contribution >= 4 is 5.97 Å². The van der Waals surface area contributed by atoms with Gasteiger partial charge in [-0.25, -0.2) is 14.8 Å². The van der Waals surface area contributed by atoms with Crippen LogP contribution in [0.1, 0.15) is 35.1 Å². The normalized spacial score (nSPS) is 17.6. The first-order chi connectivity index (χ1) is 7.27. The average molecular weight is 208 g/mol. The Balaban J connectivity index is 2.19. The van der Waals surface area contributed by atoms with Gasteiger partial charge < -0.3 is 9.84 Å². The predicted molar refractivity (Wildman–Crippen MR) is 51.8 cm³/mol. The number of carbonyl (C=O) groups is 1. The topological polar surface area (TPSA) is 72.3 Å². The highest BCUT2D eigenvalue weighted by atomic mass is 16.5. The smallest absolute Gasteiger partial charge is 0.373 e. The Kier molecular flexibility index (Phi) is 2.91. The van der Waals surface area contributed by atoms with Crippen molar-refractivity contribution in [2.45, 2.75) is 18.8 Å². The van der Waals surface area contributed by atoms with E-state index in [2.05, 4.69) is 9.97 Å². The van der Waals surface area contributed by atoms with E-state index in [1.807, 2.05) is 0 Å². The maximum atomic E-state index is 10.7. The molecule has 1 saturated heterocycles. The van der Waals surface area contributed by atoms with Crippen LogP contribution in [0.25, 0.3) is 0 Å². The molecule has 0 radical (unpaired) electrons. The number of ether oxygens (including phenoxy) is 1. The molecule has 0 saturated carbocycles. The predicted octanol–water partition coefficient (Wildman–Crippen LogP) is 1.07. The van der Waals surface area contributed by atoms with Gasteiger partial charge in [-0.1, -0.05) is 0 Å². The quantitative estimate of drug-likeness (QED) is 0.787. The molecule has 0 amide bonds. The first-order valence-electron chi connectivity index (χ1n) is 4.91. The minimum Gasteiger partial charge on any atom is -0.475 e. The fourth-order valence-corrected chi connectivity index (χ4v) is 1.70. The second-order valence-corrected chi connectivity index (χ2v) is 3.50. The molecule has 1 N–H and O–H groups in total. The van der Waals surface area contributed by atoms with Crippen molar-refractivity contribution in [2.75, 3.05) is 13.2 Å². The lowest BCUT2D eigenvalue weighted by molar-refractivity contribution is 0.0681. The van der Waals surface area contributed by atoms with Crippen molar-refractivity contribution in [1.82, 2.24) is 9.97 Å². The van der Waals surface area contributed by atoms with E-state index in [0.717, 1.165) is 31.7 Å². The van der Waals surface area contributed by atoms with E-state index >= 15 is 0 Å². The molecule has 5 nitrogen and oxygen atoms in total. The third-order valence-electron chi connectivity index (χ3n) is 2.51. The van der Waals surface area contributed by atoms with Crippen LogP contribution in [0.4, 0.5) is 0 Å². The lowest BCUT2D eigenvalue weighted by Crippen LogP contribution is -2.16. The lowest BCUT2D eigenvalue weighted by atomic mass is 9.96. The molecule has 0 spiro atoms. The number of aromatic nitrogens is 2. The molecule has 5 heteroatoms. The molecule has 1 aromatic rings. The third kappa shape index (κ3) is 2.30. The van der Waals surface area contributed by atoms with Crippen LogP contribution in [0, 0.1) is 0 Å². The van der Waals surface area contributed by atoms with Crippen LogP contribution in [0.5, 0.6) is 0 Å². The molecule has 0 aromatic carbocycles. The number of carboxylic acid groups (broad SMARTS) is 1. The van der Waals surface area contributed by atoms with Gasteiger partial charge in [0.2, 0.25) is 5.82 Å². The highest BCUT2D eigenvalue weighted by Gasteiger charge is 2.18. The van der Waals surface area contributed by atoms with Gasteiger partial charge in [0.25, 0.3) is 0 Å². The van der Waals surface area contributed by atoms with Crippen LogP contribution in [0.3, 0.4) is 0 Å². The summed E-state index contributed by atoms with van der Waals surface area (Å²) in [5.74, 6) is -0.900. The van der Waals surface area contributed by atoms with Crippen molar-refractivity contribution in [3.05, 3.63) is 23.8 Å². The summed E-state index contributed by atoms with van der Waals surface area (Å²) in [5.41, 5.74) is 0.811. The van der Waals surface area contributed by atoms with Gasteiger partial charge in [0, 0.05) is 31.0 Å². The van der Waals surface area contributed by atoms with E-state index in [0.29, 0.717) is 5.92 Å². The van der Waals surface area contributed by atoms with Crippen LogP contribution in [0.2, 0.25) is 0 Å². The highest BCUT2D eigenvalue weighted by Crippen LogP contribution is 2.24. The number of rotatable bonds is 2. The van der Waals surface area contributed by atoms with Crippen molar-refractivity contribution in [2.24, 2.45) is 0 Å². The monoisotopic (exact) mass is 208 g/mol. The summed E-state index contributed by atoms with van der Waals surface area (Å²) in [7, 11) is 0. The molecule has 15 heavy (non-hydrogen) atoms. The first kappa shape index (κ1) is 10.0. The van der Waals surface area contributed by atoms with E-state index in [1.54, 1.807) is 6.07 Å². The summed E-state index contributed by atoms with van der Waals surface area (Å²) in [6, 6.07) is 1.78. The molecule has 1 aliphatic rings. The Labute approximate surface area is 87.1 Å². The van der Waals surface area contributed by atoms with Crippen LogP contribution in [0.15, 0.2) is 12.3 Å². The zero-order valence-electron chi connectivity index (χ0n) is 8.22. The summed E-state index contributed by atoms with van der Waals surface area (Å²) in [6.45, 7) is 1.44. The van der Waals surface area contributed by atoms with Crippen molar-refractivity contribution < 1.29 is 14.6 Å². The zero-order valence-corrected chi connectivity index (χ0v) is 8.22. The van der Waals surface area contributed by atoms with Gasteiger partial charge in [0.1, 0.15) is 0 Å². The number of nitrogens with zero attached hydrogens (tertiary/aromatic N) is 2. The zero-order chi connectivity index (χ0) is 10.7. The SMILES string of the molecule is O=C(O)c1nccc(C2CCOCC2)n1. The number of hydrogen-bond acceptors (Lipinski definition) is 4. The Morgan fingerprint density at radius 3 is 2.87 bits per heavy atom. The van der Waals surface area contributed by atoms with Gasteiger partial charge in [-0.2, -0.15) is 0 Å². The molecular weight excluding hydrogens is 196 g/mol. The maximum absolute atomic E-state index is 10.7. The van der Waals surface area contributed by atoms with E-state index in [-0.39, 0.29) is 5.82 Å². The second kappa shape index (κ2) is 4.35. The Morgan fingerprint density at radius 2 is 2.20 bits per heavy atom. The second-order valence-electron chi connectivity index (χ2n) is 3.50. The maximum Gasteiger partial charge on any atom is 0.373 e. The molecule has 0 atom stereocenters.